The highest BCUT2D eigenvalue weighted by Gasteiger charge is 2.20. The Morgan fingerprint density at radius 1 is 1.39 bits per heavy atom. The van der Waals surface area contributed by atoms with E-state index in [0.29, 0.717) is 17.5 Å². The first kappa shape index (κ1) is 13.7. The van der Waals surface area contributed by atoms with E-state index in [2.05, 4.69) is 0 Å². The first-order valence-corrected chi connectivity index (χ1v) is 5.56. The molecule has 0 N–H and O–H groups in total. The Bertz CT molecular complexity index is 551. The summed E-state index contributed by atoms with van der Waals surface area (Å²) >= 11 is 0. The van der Waals surface area contributed by atoms with Gasteiger partial charge < -0.3 is 0 Å². The predicted molar refractivity (Wildman–Crippen MR) is 65.7 cm³/mol. The molecule has 0 radical (unpaired) electrons. The Hall–Kier alpha value is -2.40. The second-order valence-electron chi connectivity index (χ2n) is 4.43. The van der Waals surface area contributed by atoms with Gasteiger partial charge in [-0.25, -0.2) is 0 Å². The van der Waals surface area contributed by atoms with Crippen molar-refractivity contribution < 1.29 is 4.92 Å². The molecule has 18 heavy (non-hydrogen) atoms. The number of benzene rings is 1. The zero-order valence-electron chi connectivity index (χ0n) is 10.3. The van der Waals surface area contributed by atoms with Gasteiger partial charge in [-0.2, -0.15) is 10.5 Å². The highest BCUT2D eigenvalue weighted by molar-refractivity contribution is 5.52. The van der Waals surface area contributed by atoms with E-state index in [0.717, 1.165) is 0 Å². The van der Waals surface area contributed by atoms with Crippen LogP contribution in [0, 0.1) is 38.7 Å². The molecule has 0 aliphatic carbocycles. The van der Waals surface area contributed by atoms with Gasteiger partial charge >= 0.3 is 0 Å². The van der Waals surface area contributed by atoms with Crippen molar-refractivity contribution in [2.75, 3.05) is 0 Å². The van der Waals surface area contributed by atoms with Crippen LogP contribution < -0.4 is 0 Å². The maximum absolute atomic E-state index is 11.0. The third-order valence-corrected chi connectivity index (χ3v) is 2.53. The largest absolute Gasteiger partial charge is 0.274 e. The SMILES string of the molecule is CC(C)Cc1c(CC#N)cc(C#N)cc1[N+](=O)[O-]. The summed E-state index contributed by atoms with van der Waals surface area (Å²) in [6.07, 6.45) is 0.609. The third-order valence-electron chi connectivity index (χ3n) is 2.53. The number of rotatable bonds is 4. The van der Waals surface area contributed by atoms with E-state index in [4.69, 9.17) is 10.5 Å². The molecule has 5 heteroatoms. The van der Waals surface area contributed by atoms with Crippen molar-refractivity contribution in [3.63, 3.8) is 0 Å². The number of nitro groups is 1. The maximum atomic E-state index is 11.0. The lowest BCUT2D eigenvalue weighted by Gasteiger charge is -2.10. The fraction of sp³-hybridized carbons (Fsp3) is 0.385. The molecule has 0 aromatic heterocycles. The van der Waals surface area contributed by atoms with Gasteiger partial charge in [0.2, 0.25) is 0 Å². The van der Waals surface area contributed by atoms with Gasteiger partial charge in [0.15, 0.2) is 0 Å². The van der Waals surface area contributed by atoms with Gasteiger partial charge in [0.1, 0.15) is 0 Å². The highest BCUT2D eigenvalue weighted by Crippen LogP contribution is 2.27. The molecule has 1 rings (SSSR count). The first-order valence-electron chi connectivity index (χ1n) is 5.56. The van der Waals surface area contributed by atoms with Crippen molar-refractivity contribution >= 4 is 5.69 Å². The minimum Gasteiger partial charge on any atom is -0.258 e. The van der Waals surface area contributed by atoms with E-state index in [9.17, 15) is 10.1 Å². The summed E-state index contributed by atoms with van der Waals surface area (Å²) in [5, 5.41) is 28.7. The predicted octanol–water partition coefficient (Wildman–Crippen LogP) is 2.73. The van der Waals surface area contributed by atoms with Crippen molar-refractivity contribution in [1.82, 2.24) is 0 Å². The van der Waals surface area contributed by atoms with Crippen LogP contribution in [0.25, 0.3) is 0 Å². The Labute approximate surface area is 105 Å². The minimum atomic E-state index is -0.487. The number of nitriles is 2. The van der Waals surface area contributed by atoms with E-state index < -0.39 is 4.92 Å². The Morgan fingerprint density at radius 2 is 2.06 bits per heavy atom. The lowest BCUT2D eigenvalue weighted by molar-refractivity contribution is -0.385. The molecule has 0 aliphatic rings. The van der Waals surface area contributed by atoms with Gasteiger partial charge in [-0.05, 0) is 24.0 Å². The van der Waals surface area contributed by atoms with Crippen LogP contribution in [0.4, 0.5) is 5.69 Å². The molecule has 1 aromatic carbocycles. The fourth-order valence-corrected chi connectivity index (χ4v) is 1.83. The average molecular weight is 243 g/mol. The molecule has 0 atom stereocenters. The Balaban J connectivity index is 3.46. The van der Waals surface area contributed by atoms with Crippen LogP contribution in [0.5, 0.6) is 0 Å². The molecule has 92 valence electrons. The average Bonchev–Trinajstić information content (AvgIpc) is 2.30. The lowest BCUT2D eigenvalue weighted by Crippen LogP contribution is -2.05. The second kappa shape index (κ2) is 5.79. The maximum Gasteiger partial charge on any atom is 0.274 e. The van der Waals surface area contributed by atoms with Crippen molar-refractivity contribution in [3.8, 4) is 12.1 Å². The summed E-state index contributed by atoms with van der Waals surface area (Å²) in [6, 6.07) is 6.71. The first-order chi connectivity index (χ1) is 8.49. The number of hydrogen-bond donors (Lipinski definition) is 0. The van der Waals surface area contributed by atoms with Gasteiger partial charge in [0.25, 0.3) is 5.69 Å². The van der Waals surface area contributed by atoms with Crippen molar-refractivity contribution in [1.29, 1.82) is 10.5 Å². The van der Waals surface area contributed by atoms with Crippen LogP contribution in [0.2, 0.25) is 0 Å². The van der Waals surface area contributed by atoms with E-state index in [1.807, 2.05) is 26.0 Å². The molecule has 0 amide bonds. The fourth-order valence-electron chi connectivity index (χ4n) is 1.83. The number of nitro benzene ring substituents is 1. The van der Waals surface area contributed by atoms with Crippen LogP contribution in [-0.2, 0) is 12.8 Å². The van der Waals surface area contributed by atoms with Crippen molar-refractivity contribution in [3.05, 3.63) is 38.9 Å². The molecule has 0 unspecified atom stereocenters. The van der Waals surface area contributed by atoms with E-state index >= 15 is 0 Å². The van der Waals surface area contributed by atoms with Gasteiger partial charge in [0, 0.05) is 11.6 Å². The van der Waals surface area contributed by atoms with Gasteiger partial charge in [0.05, 0.1) is 29.0 Å². The van der Waals surface area contributed by atoms with Gasteiger partial charge in [-0.3, -0.25) is 10.1 Å². The third kappa shape index (κ3) is 3.05. The number of nitrogens with zero attached hydrogens (tertiary/aromatic N) is 3. The summed E-state index contributed by atoms with van der Waals surface area (Å²) in [5.41, 5.74) is 1.31. The molecule has 0 spiro atoms. The summed E-state index contributed by atoms with van der Waals surface area (Å²) < 4.78 is 0. The van der Waals surface area contributed by atoms with Crippen LogP contribution >= 0.6 is 0 Å². The zero-order valence-corrected chi connectivity index (χ0v) is 10.3. The van der Waals surface area contributed by atoms with Crippen LogP contribution in [0.15, 0.2) is 12.1 Å². The van der Waals surface area contributed by atoms with Crippen molar-refractivity contribution in [2.45, 2.75) is 26.7 Å². The van der Waals surface area contributed by atoms with E-state index in [-0.39, 0.29) is 23.6 Å². The zero-order chi connectivity index (χ0) is 13.7. The summed E-state index contributed by atoms with van der Waals surface area (Å²) in [5.74, 6) is 0.245. The molecule has 0 heterocycles. The van der Waals surface area contributed by atoms with E-state index in [1.165, 1.54) is 6.07 Å². The summed E-state index contributed by atoms with van der Waals surface area (Å²) in [7, 11) is 0. The molecule has 0 saturated heterocycles. The molecule has 0 fully saturated rings. The smallest absolute Gasteiger partial charge is 0.258 e. The van der Waals surface area contributed by atoms with Crippen LogP contribution in [-0.4, -0.2) is 4.92 Å². The molecular weight excluding hydrogens is 230 g/mol. The topological polar surface area (TPSA) is 90.7 Å². The second-order valence-corrected chi connectivity index (χ2v) is 4.43. The quantitative estimate of drug-likeness (QED) is 0.600. The van der Waals surface area contributed by atoms with Crippen LogP contribution in [0.1, 0.15) is 30.5 Å². The monoisotopic (exact) mass is 243 g/mol. The lowest BCUT2D eigenvalue weighted by atomic mass is 9.93. The molecule has 0 saturated carbocycles. The van der Waals surface area contributed by atoms with Gasteiger partial charge in [-0.1, -0.05) is 13.8 Å². The molecule has 0 aliphatic heterocycles. The Morgan fingerprint density at radius 3 is 2.50 bits per heavy atom. The highest BCUT2D eigenvalue weighted by atomic mass is 16.6. The molecule has 0 bridgehead atoms. The standard InChI is InChI=1S/C13H13N3O2/c1-9(2)5-12-11(3-4-14)6-10(8-15)7-13(12)16(17)18/h6-7,9H,3,5H2,1-2H3. The van der Waals surface area contributed by atoms with Crippen molar-refractivity contribution in [2.24, 2.45) is 5.92 Å². The molecule has 1 aromatic rings. The number of hydrogen-bond acceptors (Lipinski definition) is 4. The van der Waals surface area contributed by atoms with Crippen LogP contribution in [0.3, 0.4) is 0 Å². The molecule has 5 nitrogen and oxygen atoms in total. The summed E-state index contributed by atoms with van der Waals surface area (Å²) in [4.78, 5) is 10.6. The Kier molecular flexibility index (Phi) is 4.39. The molecular formula is C13H13N3O2. The minimum absolute atomic E-state index is 0.0620. The summed E-state index contributed by atoms with van der Waals surface area (Å²) in [6.45, 7) is 3.91. The van der Waals surface area contributed by atoms with Gasteiger partial charge in [-0.15, -0.1) is 0 Å². The van der Waals surface area contributed by atoms with E-state index in [1.54, 1.807) is 6.07 Å². The normalized spacial score (nSPS) is 9.83.